The molecule has 101 heavy (non-hydrogen) atoms. The van der Waals surface area contributed by atoms with Gasteiger partial charge in [0.25, 0.3) is 0 Å². The van der Waals surface area contributed by atoms with Gasteiger partial charge in [-0.15, -0.1) is 0 Å². The lowest BCUT2D eigenvalue weighted by molar-refractivity contribution is -0.161. The first-order valence-electron chi connectivity index (χ1n) is 44.1. The van der Waals surface area contributed by atoms with E-state index in [1.807, 2.05) is 0 Å². The number of esters is 2. The van der Waals surface area contributed by atoms with E-state index in [4.69, 9.17) is 24.3 Å². The zero-order chi connectivity index (χ0) is 72.9. The summed E-state index contributed by atoms with van der Waals surface area (Å²) in [6.45, 7) is 3.70. The number of carbonyl (C=O) groups is 2. The summed E-state index contributed by atoms with van der Waals surface area (Å²) in [5.41, 5.74) is 5.43. The van der Waals surface area contributed by atoms with Gasteiger partial charge in [-0.3, -0.25) is 18.6 Å². The van der Waals surface area contributed by atoms with Crippen LogP contribution in [0.4, 0.5) is 0 Å². The molecule has 3 N–H and O–H groups in total. The van der Waals surface area contributed by atoms with Crippen LogP contribution in [0, 0.1) is 0 Å². The Hall–Kier alpha value is -2.81. The van der Waals surface area contributed by atoms with Gasteiger partial charge in [-0.05, 0) is 89.9 Å². The zero-order valence-electron chi connectivity index (χ0n) is 66.9. The van der Waals surface area contributed by atoms with Crippen LogP contribution < -0.4 is 5.73 Å². The summed E-state index contributed by atoms with van der Waals surface area (Å²) in [6.07, 6.45) is 118. The summed E-state index contributed by atoms with van der Waals surface area (Å²) >= 11 is 0. The van der Waals surface area contributed by atoms with E-state index in [0.717, 1.165) is 70.6 Å². The SMILES string of the molecule is CC/C=C\C/C=C\C/C=C\C/C=C\CCCCCCCCCCCCCCCCCCCCCCCCCCCCCCC(=O)OC(COC(=O)CCCCCCCCCCCCCCCCCCCCCCCCCC/C=C\C/C=C\C/C=C\CCCCCCC)COP(=O)(O)OCCN. The van der Waals surface area contributed by atoms with Gasteiger partial charge in [-0.25, -0.2) is 4.57 Å². The quantitative estimate of drug-likeness (QED) is 0.0264. The third kappa shape index (κ3) is 86.0. The minimum atomic E-state index is -4.40. The van der Waals surface area contributed by atoms with E-state index in [1.165, 1.54) is 347 Å². The number of allylic oxidation sites excluding steroid dienone is 14. The lowest BCUT2D eigenvalue weighted by Gasteiger charge is -2.19. The molecule has 0 aromatic heterocycles. The molecule has 0 aliphatic heterocycles. The first-order chi connectivity index (χ1) is 49.8. The van der Waals surface area contributed by atoms with Crippen molar-refractivity contribution < 1.29 is 37.6 Å². The minimum absolute atomic E-state index is 0.0552. The highest BCUT2D eigenvalue weighted by molar-refractivity contribution is 7.47. The summed E-state index contributed by atoms with van der Waals surface area (Å²) in [4.78, 5) is 35.5. The first-order valence-corrected chi connectivity index (χ1v) is 45.6. The molecular weight excluding hydrogens is 1270 g/mol. The van der Waals surface area contributed by atoms with E-state index in [-0.39, 0.29) is 38.6 Å². The van der Waals surface area contributed by atoms with Crippen molar-refractivity contribution in [2.24, 2.45) is 5.73 Å². The summed E-state index contributed by atoms with van der Waals surface area (Å²) in [7, 11) is -4.40. The van der Waals surface area contributed by atoms with Crippen molar-refractivity contribution in [2.75, 3.05) is 26.4 Å². The smallest absolute Gasteiger partial charge is 0.462 e. The number of unbranched alkanes of at least 4 members (excludes halogenated alkanes) is 57. The number of hydrogen-bond acceptors (Lipinski definition) is 8. The highest BCUT2D eigenvalue weighted by Crippen LogP contribution is 2.43. The maximum atomic E-state index is 12.8. The van der Waals surface area contributed by atoms with Crippen molar-refractivity contribution in [1.29, 1.82) is 0 Å². The number of carbonyl (C=O) groups excluding carboxylic acids is 2. The molecule has 0 amide bonds. The topological polar surface area (TPSA) is 134 Å². The molecule has 9 nitrogen and oxygen atoms in total. The Labute approximate surface area is 627 Å². The van der Waals surface area contributed by atoms with Crippen molar-refractivity contribution >= 4 is 19.8 Å². The molecule has 0 aromatic carbocycles. The van der Waals surface area contributed by atoms with Crippen molar-refractivity contribution in [1.82, 2.24) is 0 Å². The van der Waals surface area contributed by atoms with E-state index in [1.54, 1.807) is 0 Å². The standard InChI is InChI=1S/C91H168NO8P/c1-3-5-7-9-11-13-15-17-19-21-23-25-27-29-31-33-35-37-39-41-43-44-46-48-50-52-54-56-58-60-62-64-66-68-70-72-74-76-78-80-82-84-91(94)100-89(88-99-101(95,96)98-86-85-92)87-97-90(93)83-81-79-77-75-73-71-69-67-65-63-61-59-57-55-53-51-49-47-45-42-40-38-36-34-32-30-28-26-24-22-20-18-16-14-12-10-8-6-4-2/h5,7,11,13,16-19,22-25,28,30,89H,3-4,6,8-10,12,14-15,20-21,26-27,29,31-88,92H2,1-2H3,(H,95,96)/b7-5-,13-11-,18-16-,19-17-,24-22-,25-23-,30-28-. The molecule has 2 atom stereocenters. The number of nitrogens with two attached hydrogens (primary N) is 1. The fourth-order valence-electron chi connectivity index (χ4n) is 13.3. The van der Waals surface area contributed by atoms with E-state index in [2.05, 4.69) is 98.9 Å². The third-order valence-electron chi connectivity index (χ3n) is 19.8. The highest BCUT2D eigenvalue weighted by Gasteiger charge is 2.26. The monoisotopic (exact) mass is 1430 g/mol. The van der Waals surface area contributed by atoms with Crippen molar-refractivity contribution in [2.45, 2.75) is 457 Å². The number of ether oxygens (including phenoxy) is 2. The van der Waals surface area contributed by atoms with E-state index >= 15 is 0 Å². The maximum absolute atomic E-state index is 12.8. The molecule has 0 bridgehead atoms. The molecule has 0 saturated heterocycles. The lowest BCUT2D eigenvalue weighted by Crippen LogP contribution is -2.29. The molecule has 0 rings (SSSR count). The minimum Gasteiger partial charge on any atom is -0.462 e. The van der Waals surface area contributed by atoms with Crippen molar-refractivity contribution in [3.63, 3.8) is 0 Å². The first kappa shape index (κ1) is 98.2. The molecule has 0 aliphatic carbocycles. The second kappa shape index (κ2) is 86.1. The Bertz CT molecular complexity index is 1940. The molecule has 0 fully saturated rings. The van der Waals surface area contributed by atoms with Crippen LogP contribution >= 0.6 is 7.82 Å². The number of hydrogen-bond donors (Lipinski definition) is 2. The molecule has 10 heteroatoms. The van der Waals surface area contributed by atoms with E-state index in [9.17, 15) is 19.0 Å². The van der Waals surface area contributed by atoms with Gasteiger partial charge in [0.1, 0.15) is 6.61 Å². The van der Waals surface area contributed by atoms with Gasteiger partial charge in [0, 0.05) is 19.4 Å². The largest absolute Gasteiger partial charge is 0.472 e. The number of rotatable bonds is 84. The van der Waals surface area contributed by atoms with E-state index < -0.39 is 26.5 Å². The fraction of sp³-hybridized carbons (Fsp3) is 0.824. The molecular formula is C91H168NO8P. The Morgan fingerprint density at radius 1 is 0.307 bits per heavy atom. The molecule has 2 unspecified atom stereocenters. The molecule has 0 heterocycles. The molecule has 0 saturated carbocycles. The Morgan fingerprint density at radius 2 is 0.545 bits per heavy atom. The van der Waals surface area contributed by atoms with Crippen LogP contribution in [0.3, 0.4) is 0 Å². The normalized spacial score (nSPS) is 13.2. The predicted molar refractivity (Wildman–Crippen MR) is 441 cm³/mol. The van der Waals surface area contributed by atoms with Crippen LogP contribution in [-0.2, 0) is 32.7 Å². The average Bonchev–Trinajstić information content (AvgIpc) is 1.04. The van der Waals surface area contributed by atoms with Crippen LogP contribution in [0.5, 0.6) is 0 Å². The van der Waals surface area contributed by atoms with E-state index in [0.29, 0.717) is 6.42 Å². The lowest BCUT2D eigenvalue weighted by atomic mass is 10.0. The van der Waals surface area contributed by atoms with Crippen LogP contribution in [0.25, 0.3) is 0 Å². The van der Waals surface area contributed by atoms with Gasteiger partial charge in [-0.2, -0.15) is 0 Å². The van der Waals surface area contributed by atoms with Gasteiger partial charge >= 0.3 is 19.8 Å². The number of phosphoric acid groups is 1. The zero-order valence-corrected chi connectivity index (χ0v) is 67.8. The third-order valence-corrected chi connectivity index (χ3v) is 20.7. The highest BCUT2D eigenvalue weighted by atomic mass is 31.2. The van der Waals surface area contributed by atoms with Gasteiger partial charge in [0.2, 0.25) is 0 Å². The molecule has 590 valence electrons. The van der Waals surface area contributed by atoms with Crippen molar-refractivity contribution in [3.05, 3.63) is 85.1 Å². The van der Waals surface area contributed by atoms with Crippen LogP contribution in [0.15, 0.2) is 85.1 Å². The summed E-state index contributed by atoms with van der Waals surface area (Å²) in [5, 5.41) is 0. The van der Waals surface area contributed by atoms with Gasteiger partial charge < -0.3 is 20.1 Å². The Kier molecular flexibility index (Phi) is 83.7. The fourth-order valence-corrected chi connectivity index (χ4v) is 14.1. The molecule has 0 aliphatic rings. The Balaban J connectivity index is 3.71. The van der Waals surface area contributed by atoms with Gasteiger partial charge in [0.05, 0.1) is 13.2 Å². The molecule has 0 spiro atoms. The second-order valence-corrected chi connectivity index (χ2v) is 31.2. The average molecular weight is 1440 g/mol. The molecule has 0 radical (unpaired) electrons. The Morgan fingerprint density at radius 3 is 0.812 bits per heavy atom. The summed E-state index contributed by atoms with van der Waals surface area (Å²) in [6, 6.07) is 0. The predicted octanol–water partition coefficient (Wildman–Crippen LogP) is 30.0. The van der Waals surface area contributed by atoms with Crippen molar-refractivity contribution in [3.8, 4) is 0 Å². The summed E-state index contributed by atoms with van der Waals surface area (Å²) in [5.74, 6) is -0.802. The maximum Gasteiger partial charge on any atom is 0.472 e. The number of phosphoric ester groups is 1. The molecule has 0 aromatic rings. The van der Waals surface area contributed by atoms with Crippen LogP contribution in [0.1, 0.15) is 450 Å². The summed E-state index contributed by atoms with van der Waals surface area (Å²) < 4.78 is 33.3. The van der Waals surface area contributed by atoms with Gasteiger partial charge in [-0.1, -0.05) is 433 Å². The van der Waals surface area contributed by atoms with Gasteiger partial charge in [0.15, 0.2) is 6.10 Å². The second-order valence-electron chi connectivity index (χ2n) is 29.7. The van der Waals surface area contributed by atoms with Crippen LogP contribution in [0.2, 0.25) is 0 Å². The van der Waals surface area contributed by atoms with Crippen LogP contribution in [-0.4, -0.2) is 49.3 Å².